The molecule has 102 valence electrons. The van der Waals surface area contributed by atoms with Gasteiger partial charge in [0.25, 0.3) is 0 Å². The summed E-state index contributed by atoms with van der Waals surface area (Å²) in [6.07, 6.45) is 3.83. The molecule has 0 bridgehead atoms. The smallest absolute Gasteiger partial charge is 0.193 e. The molecule has 2 aromatic rings. The van der Waals surface area contributed by atoms with Gasteiger partial charge < -0.3 is 0 Å². The number of rotatable bonds is 3. The first-order valence-electron chi connectivity index (χ1n) is 6.74. The number of halogens is 2. The Morgan fingerprint density at radius 1 is 0.900 bits per heavy atom. The molecule has 1 fully saturated rings. The summed E-state index contributed by atoms with van der Waals surface area (Å²) < 4.78 is 0. The van der Waals surface area contributed by atoms with Crippen LogP contribution in [0.2, 0.25) is 10.0 Å². The molecule has 2 aromatic carbocycles. The molecule has 1 saturated carbocycles. The fraction of sp³-hybridized carbons (Fsp3) is 0.235. The summed E-state index contributed by atoms with van der Waals surface area (Å²) in [5, 5.41) is 0.957. The molecule has 0 unspecified atom stereocenters. The van der Waals surface area contributed by atoms with Crippen LogP contribution in [0.5, 0.6) is 0 Å². The lowest BCUT2D eigenvalue weighted by atomic mass is 9.80. The van der Waals surface area contributed by atoms with Gasteiger partial charge in [0.2, 0.25) is 0 Å². The quantitative estimate of drug-likeness (QED) is 0.685. The molecule has 0 amide bonds. The van der Waals surface area contributed by atoms with Crippen molar-refractivity contribution >= 4 is 29.0 Å². The summed E-state index contributed by atoms with van der Waals surface area (Å²) in [7, 11) is 0. The molecule has 3 rings (SSSR count). The highest BCUT2D eigenvalue weighted by molar-refractivity contribution is 6.35. The summed E-state index contributed by atoms with van der Waals surface area (Å²) in [4.78, 5) is 12.4. The normalized spacial score (nSPS) is 14.9. The van der Waals surface area contributed by atoms with Gasteiger partial charge in [-0.2, -0.15) is 0 Å². The Kier molecular flexibility index (Phi) is 3.82. The maximum absolute atomic E-state index is 12.4. The van der Waals surface area contributed by atoms with Crippen molar-refractivity contribution in [1.82, 2.24) is 0 Å². The number of hydrogen-bond acceptors (Lipinski definition) is 1. The van der Waals surface area contributed by atoms with Crippen LogP contribution in [0.4, 0.5) is 0 Å². The number of ketones is 1. The third-order valence-corrected chi connectivity index (χ3v) is 4.31. The van der Waals surface area contributed by atoms with E-state index in [0.29, 0.717) is 27.1 Å². The van der Waals surface area contributed by atoms with E-state index in [9.17, 15) is 4.79 Å². The molecule has 1 nitrogen and oxygen atoms in total. The SMILES string of the molecule is O=C(c1ccc(C2CCC2)cc1)c1cc(Cl)cc(Cl)c1. The van der Waals surface area contributed by atoms with Gasteiger partial charge in [0, 0.05) is 21.2 Å². The predicted octanol–water partition coefficient (Wildman–Crippen LogP) is 5.49. The van der Waals surface area contributed by atoms with Crippen molar-refractivity contribution in [1.29, 1.82) is 0 Å². The first-order valence-corrected chi connectivity index (χ1v) is 7.50. The first-order chi connectivity index (χ1) is 9.63. The zero-order valence-corrected chi connectivity index (χ0v) is 12.4. The number of hydrogen-bond donors (Lipinski definition) is 0. The minimum Gasteiger partial charge on any atom is -0.289 e. The molecule has 0 spiro atoms. The maximum Gasteiger partial charge on any atom is 0.193 e. The van der Waals surface area contributed by atoms with Gasteiger partial charge >= 0.3 is 0 Å². The van der Waals surface area contributed by atoms with E-state index in [0.717, 1.165) is 0 Å². The Morgan fingerprint density at radius 3 is 2.00 bits per heavy atom. The van der Waals surface area contributed by atoms with Crippen LogP contribution in [0.15, 0.2) is 42.5 Å². The van der Waals surface area contributed by atoms with Crippen molar-refractivity contribution in [2.75, 3.05) is 0 Å². The lowest BCUT2D eigenvalue weighted by Crippen LogP contribution is -2.09. The van der Waals surface area contributed by atoms with Crippen molar-refractivity contribution in [2.24, 2.45) is 0 Å². The maximum atomic E-state index is 12.4. The Morgan fingerprint density at radius 2 is 1.50 bits per heavy atom. The van der Waals surface area contributed by atoms with E-state index in [1.807, 2.05) is 12.1 Å². The van der Waals surface area contributed by atoms with E-state index in [1.165, 1.54) is 24.8 Å². The van der Waals surface area contributed by atoms with Crippen molar-refractivity contribution in [3.05, 3.63) is 69.2 Å². The van der Waals surface area contributed by atoms with Crippen LogP contribution in [-0.4, -0.2) is 5.78 Å². The third kappa shape index (κ3) is 2.74. The van der Waals surface area contributed by atoms with Gasteiger partial charge in [0.1, 0.15) is 0 Å². The Labute approximate surface area is 128 Å². The van der Waals surface area contributed by atoms with Crippen LogP contribution in [0, 0.1) is 0 Å². The highest BCUT2D eigenvalue weighted by Gasteiger charge is 2.19. The van der Waals surface area contributed by atoms with E-state index in [-0.39, 0.29) is 5.78 Å². The molecule has 0 radical (unpaired) electrons. The fourth-order valence-corrected chi connectivity index (χ4v) is 3.03. The van der Waals surface area contributed by atoms with Crippen molar-refractivity contribution in [3.63, 3.8) is 0 Å². The fourth-order valence-electron chi connectivity index (χ4n) is 2.50. The molecule has 1 aliphatic rings. The topological polar surface area (TPSA) is 17.1 Å². The predicted molar refractivity (Wildman–Crippen MR) is 82.9 cm³/mol. The van der Waals surface area contributed by atoms with E-state index in [4.69, 9.17) is 23.2 Å². The molecule has 20 heavy (non-hydrogen) atoms. The Balaban J connectivity index is 1.86. The Bertz CT molecular complexity index is 622. The second-order valence-electron chi connectivity index (χ2n) is 5.24. The summed E-state index contributed by atoms with van der Waals surface area (Å²) in [5.74, 6) is 0.634. The molecule has 0 heterocycles. The minimum absolute atomic E-state index is 0.0467. The van der Waals surface area contributed by atoms with E-state index >= 15 is 0 Å². The van der Waals surface area contributed by atoms with Crippen LogP contribution in [0.3, 0.4) is 0 Å². The van der Waals surface area contributed by atoms with Crippen LogP contribution in [0.1, 0.15) is 46.7 Å². The molecule has 0 aliphatic heterocycles. The standard InChI is InChI=1S/C17H14Cl2O/c18-15-8-14(9-16(19)10-15)17(20)13-6-4-12(5-7-13)11-2-1-3-11/h4-11H,1-3H2. The molecule has 0 atom stereocenters. The average molecular weight is 305 g/mol. The van der Waals surface area contributed by atoms with Gasteiger partial charge in [-0.3, -0.25) is 4.79 Å². The summed E-state index contributed by atoms with van der Waals surface area (Å²) in [5.41, 5.74) is 2.53. The average Bonchev–Trinajstić information content (AvgIpc) is 2.35. The van der Waals surface area contributed by atoms with Gasteiger partial charge in [-0.05, 0) is 42.5 Å². The van der Waals surface area contributed by atoms with E-state index in [1.54, 1.807) is 18.2 Å². The van der Waals surface area contributed by atoms with Gasteiger partial charge in [-0.25, -0.2) is 0 Å². The zero-order valence-electron chi connectivity index (χ0n) is 10.9. The summed E-state index contributed by atoms with van der Waals surface area (Å²) in [6.45, 7) is 0. The number of benzene rings is 2. The third-order valence-electron chi connectivity index (χ3n) is 3.87. The van der Waals surface area contributed by atoms with Gasteiger partial charge in [0.05, 0.1) is 0 Å². The van der Waals surface area contributed by atoms with E-state index in [2.05, 4.69) is 12.1 Å². The molecule has 0 saturated heterocycles. The molecule has 3 heteroatoms. The van der Waals surface area contributed by atoms with Crippen molar-refractivity contribution in [2.45, 2.75) is 25.2 Å². The highest BCUT2D eigenvalue weighted by Crippen LogP contribution is 2.36. The van der Waals surface area contributed by atoms with Crippen LogP contribution < -0.4 is 0 Å². The van der Waals surface area contributed by atoms with Crippen LogP contribution in [0.25, 0.3) is 0 Å². The van der Waals surface area contributed by atoms with Crippen molar-refractivity contribution < 1.29 is 4.79 Å². The molecular weight excluding hydrogens is 291 g/mol. The number of carbonyl (C=O) groups excluding carboxylic acids is 1. The zero-order chi connectivity index (χ0) is 14.1. The lowest BCUT2D eigenvalue weighted by Gasteiger charge is -2.25. The van der Waals surface area contributed by atoms with Crippen LogP contribution >= 0.6 is 23.2 Å². The monoisotopic (exact) mass is 304 g/mol. The number of carbonyl (C=O) groups is 1. The molecular formula is C17H14Cl2O. The minimum atomic E-state index is -0.0467. The second-order valence-corrected chi connectivity index (χ2v) is 6.11. The largest absolute Gasteiger partial charge is 0.289 e. The van der Waals surface area contributed by atoms with Gasteiger partial charge in [-0.15, -0.1) is 0 Å². The lowest BCUT2D eigenvalue weighted by molar-refractivity contribution is 0.103. The van der Waals surface area contributed by atoms with Crippen molar-refractivity contribution in [3.8, 4) is 0 Å². The summed E-state index contributed by atoms with van der Waals surface area (Å²) >= 11 is 11.9. The van der Waals surface area contributed by atoms with Gasteiger partial charge in [-0.1, -0.05) is 53.9 Å². The van der Waals surface area contributed by atoms with Crippen LogP contribution in [-0.2, 0) is 0 Å². The molecule has 1 aliphatic carbocycles. The van der Waals surface area contributed by atoms with Gasteiger partial charge in [0.15, 0.2) is 5.78 Å². The molecule has 0 N–H and O–H groups in total. The summed E-state index contributed by atoms with van der Waals surface area (Å²) in [6, 6.07) is 12.8. The first kappa shape index (κ1) is 13.7. The molecule has 0 aromatic heterocycles. The van der Waals surface area contributed by atoms with E-state index < -0.39 is 0 Å². The highest BCUT2D eigenvalue weighted by atomic mass is 35.5. The second kappa shape index (κ2) is 5.59. The Hall–Kier alpha value is -1.31.